The fourth-order valence-corrected chi connectivity index (χ4v) is 4.87. The molecular formula is C39H46O6. The predicted molar refractivity (Wildman–Crippen MR) is 178 cm³/mol. The lowest BCUT2D eigenvalue weighted by Gasteiger charge is -2.26. The molecule has 0 heterocycles. The molecule has 4 atom stereocenters. The van der Waals surface area contributed by atoms with Crippen molar-refractivity contribution in [3.05, 3.63) is 150 Å². The van der Waals surface area contributed by atoms with Crippen LogP contribution in [0, 0.1) is 0 Å². The highest BCUT2D eigenvalue weighted by Gasteiger charge is 2.22. The van der Waals surface area contributed by atoms with Crippen molar-refractivity contribution in [1.29, 1.82) is 0 Å². The number of hydrogen-bond acceptors (Lipinski definition) is 6. The van der Waals surface area contributed by atoms with Crippen LogP contribution in [0.2, 0.25) is 0 Å². The first-order valence-corrected chi connectivity index (χ1v) is 15.6. The van der Waals surface area contributed by atoms with Gasteiger partial charge in [0.15, 0.2) is 0 Å². The Labute approximate surface area is 268 Å². The van der Waals surface area contributed by atoms with Gasteiger partial charge in [-0.15, -0.1) is 0 Å². The van der Waals surface area contributed by atoms with Crippen molar-refractivity contribution in [2.45, 2.75) is 70.6 Å². The fourth-order valence-electron chi connectivity index (χ4n) is 4.87. The van der Waals surface area contributed by atoms with Gasteiger partial charge in [-0.25, -0.2) is 0 Å². The average Bonchev–Trinajstić information content (AvgIpc) is 3.09. The molecule has 0 saturated carbocycles. The van der Waals surface area contributed by atoms with E-state index in [9.17, 15) is 5.11 Å². The van der Waals surface area contributed by atoms with Crippen LogP contribution in [0.1, 0.15) is 42.0 Å². The van der Waals surface area contributed by atoms with E-state index in [-0.39, 0.29) is 24.9 Å². The monoisotopic (exact) mass is 610 g/mol. The molecule has 45 heavy (non-hydrogen) atoms. The third kappa shape index (κ3) is 12.6. The lowest BCUT2D eigenvalue weighted by atomic mass is 10.1. The van der Waals surface area contributed by atoms with E-state index in [1.807, 2.05) is 109 Å². The van der Waals surface area contributed by atoms with E-state index in [0.29, 0.717) is 39.3 Å². The SMILES string of the molecule is COc1ccc(CO[C@H](C)C[C@@H](/C=C/[C@H](OCc2ccccc2)[C@H](CCO)OCc2ccccc2)OCc2ccccc2)cc1. The van der Waals surface area contributed by atoms with Crippen LogP contribution < -0.4 is 4.74 Å². The van der Waals surface area contributed by atoms with Gasteiger partial charge in [-0.2, -0.15) is 0 Å². The standard InChI is InChI=1S/C39H46O6/c1-31(42-27-35-18-20-36(41-2)21-19-35)26-37(43-28-32-12-6-3-7-13-32)22-23-38(44-29-33-14-8-4-9-15-33)39(24-25-40)45-30-34-16-10-5-11-17-34/h3-23,31,37-40H,24-30H2,1-2H3/b23-22+/t31-,37-,38+,39+/m1/s1. The van der Waals surface area contributed by atoms with E-state index in [2.05, 4.69) is 25.1 Å². The van der Waals surface area contributed by atoms with Crippen molar-refractivity contribution in [1.82, 2.24) is 0 Å². The molecule has 0 aliphatic rings. The van der Waals surface area contributed by atoms with Gasteiger partial charge in [-0.1, -0.05) is 115 Å². The molecule has 0 aliphatic heterocycles. The normalized spacial score (nSPS) is 14.2. The van der Waals surface area contributed by atoms with Gasteiger partial charge in [-0.05, 0) is 47.7 Å². The van der Waals surface area contributed by atoms with Crippen molar-refractivity contribution in [3.63, 3.8) is 0 Å². The number of methoxy groups -OCH3 is 1. The summed E-state index contributed by atoms with van der Waals surface area (Å²) in [5, 5.41) is 9.95. The van der Waals surface area contributed by atoms with E-state index in [1.165, 1.54) is 0 Å². The van der Waals surface area contributed by atoms with Crippen molar-refractivity contribution >= 4 is 0 Å². The molecule has 0 bridgehead atoms. The van der Waals surface area contributed by atoms with Crippen molar-refractivity contribution in [3.8, 4) is 5.75 Å². The average molecular weight is 611 g/mol. The molecule has 4 rings (SSSR count). The molecule has 0 amide bonds. The summed E-state index contributed by atoms with van der Waals surface area (Å²) in [5.41, 5.74) is 4.32. The number of aliphatic hydroxyl groups is 1. The molecule has 0 saturated heterocycles. The van der Waals surface area contributed by atoms with E-state index in [0.717, 1.165) is 28.0 Å². The highest BCUT2D eigenvalue weighted by molar-refractivity contribution is 5.26. The van der Waals surface area contributed by atoms with Gasteiger partial charge >= 0.3 is 0 Å². The maximum atomic E-state index is 9.95. The summed E-state index contributed by atoms with van der Waals surface area (Å²) in [6, 6.07) is 38.2. The summed E-state index contributed by atoms with van der Waals surface area (Å²) < 4.78 is 30.7. The Kier molecular flexibility index (Phi) is 14.8. The molecular weight excluding hydrogens is 564 g/mol. The second-order valence-corrected chi connectivity index (χ2v) is 11.0. The largest absolute Gasteiger partial charge is 0.497 e. The minimum atomic E-state index is -0.403. The summed E-state index contributed by atoms with van der Waals surface area (Å²) in [4.78, 5) is 0. The van der Waals surface area contributed by atoms with Gasteiger partial charge in [0.2, 0.25) is 0 Å². The summed E-state index contributed by atoms with van der Waals surface area (Å²) >= 11 is 0. The van der Waals surface area contributed by atoms with Gasteiger partial charge in [0, 0.05) is 13.0 Å². The molecule has 4 aromatic carbocycles. The first kappa shape index (κ1) is 34.1. The molecule has 0 aliphatic carbocycles. The van der Waals surface area contributed by atoms with Gasteiger partial charge < -0.3 is 28.8 Å². The molecule has 4 aromatic rings. The van der Waals surface area contributed by atoms with Crippen LogP contribution in [-0.2, 0) is 45.4 Å². The number of aliphatic hydroxyl groups excluding tert-OH is 1. The molecule has 0 aromatic heterocycles. The van der Waals surface area contributed by atoms with Crippen LogP contribution in [0.3, 0.4) is 0 Å². The lowest BCUT2D eigenvalue weighted by Crippen LogP contribution is -2.32. The van der Waals surface area contributed by atoms with Crippen molar-refractivity contribution < 1.29 is 28.8 Å². The lowest BCUT2D eigenvalue weighted by molar-refractivity contribution is -0.0732. The van der Waals surface area contributed by atoms with E-state index in [4.69, 9.17) is 23.7 Å². The van der Waals surface area contributed by atoms with Gasteiger partial charge in [0.05, 0.1) is 51.8 Å². The Morgan fingerprint density at radius 2 is 1.07 bits per heavy atom. The zero-order chi connectivity index (χ0) is 31.5. The molecule has 238 valence electrons. The summed E-state index contributed by atoms with van der Waals surface area (Å²) in [5.74, 6) is 0.822. The molecule has 0 spiro atoms. The fraction of sp³-hybridized carbons (Fsp3) is 0.333. The topological polar surface area (TPSA) is 66.4 Å². The van der Waals surface area contributed by atoms with E-state index >= 15 is 0 Å². The van der Waals surface area contributed by atoms with Crippen LogP contribution in [0.15, 0.2) is 127 Å². The zero-order valence-electron chi connectivity index (χ0n) is 26.4. The molecule has 1 N–H and O–H groups in total. The summed E-state index contributed by atoms with van der Waals surface area (Å²) in [6.45, 7) is 3.87. The van der Waals surface area contributed by atoms with Crippen molar-refractivity contribution in [2.24, 2.45) is 0 Å². The van der Waals surface area contributed by atoms with Crippen LogP contribution in [0.25, 0.3) is 0 Å². The Morgan fingerprint density at radius 1 is 0.578 bits per heavy atom. The first-order valence-electron chi connectivity index (χ1n) is 15.6. The van der Waals surface area contributed by atoms with E-state index in [1.54, 1.807) is 7.11 Å². The number of ether oxygens (including phenoxy) is 5. The molecule has 6 heteroatoms. The predicted octanol–water partition coefficient (Wildman–Crippen LogP) is 7.69. The maximum absolute atomic E-state index is 9.95. The number of hydrogen-bond donors (Lipinski definition) is 1. The quantitative estimate of drug-likeness (QED) is 0.104. The second kappa shape index (κ2) is 19.6. The van der Waals surface area contributed by atoms with Gasteiger partial charge in [0.25, 0.3) is 0 Å². The highest BCUT2D eigenvalue weighted by Crippen LogP contribution is 2.19. The smallest absolute Gasteiger partial charge is 0.118 e. The summed E-state index contributed by atoms with van der Waals surface area (Å²) in [6.07, 6.45) is 4.12. The minimum Gasteiger partial charge on any atom is -0.497 e. The molecule has 0 fully saturated rings. The maximum Gasteiger partial charge on any atom is 0.118 e. The third-order valence-corrected chi connectivity index (χ3v) is 7.45. The van der Waals surface area contributed by atoms with E-state index < -0.39 is 6.10 Å². The minimum absolute atomic E-state index is 0.0112. The Hall–Kier alpha value is -3.78. The Balaban J connectivity index is 1.48. The number of rotatable bonds is 20. The highest BCUT2D eigenvalue weighted by atomic mass is 16.5. The Bertz CT molecular complexity index is 1340. The van der Waals surface area contributed by atoms with Crippen LogP contribution in [-0.4, -0.2) is 43.2 Å². The van der Waals surface area contributed by atoms with Crippen LogP contribution >= 0.6 is 0 Å². The second-order valence-electron chi connectivity index (χ2n) is 11.0. The van der Waals surface area contributed by atoms with Gasteiger partial charge in [0.1, 0.15) is 11.9 Å². The number of benzene rings is 4. The first-order chi connectivity index (χ1) is 22.1. The van der Waals surface area contributed by atoms with Crippen LogP contribution in [0.5, 0.6) is 5.75 Å². The van der Waals surface area contributed by atoms with Crippen LogP contribution in [0.4, 0.5) is 0 Å². The Morgan fingerprint density at radius 3 is 1.60 bits per heavy atom. The molecule has 6 nitrogen and oxygen atoms in total. The molecule has 0 unspecified atom stereocenters. The van der Waals surface area contributed by atoms with Crippen molar-refractivity contribution in [2.75, 3.05) is 13.7 Å². The van der Waals surface area contributed by atoms with Gasteiger partial charge in [-0.3, -0.25) is 0 Å². The molecule has 0 radical (unpaired) electrons. The zero-order valence-corrected chi connectivity index (χ0v) is 26.4. The summed E-state index contributed by atoms with van der Waals surface area (Å²) in [7, 11) is 1.66. The third-order valence-electron chi connectivity index (χ3n) is 7.45.